The molecule has 0 heterocycles. The summed E-state index contributed by atoms with van der Waals surface area (Å²) in [4.78, 5) is 11.0. The zero-order valence-electron chi connectivity index (χ0n) is 15.2. The van der Waals surface area contributed by atoms with Crippen LogP contribution >= 0.6 is 0 Å². The first-order valence-corrected chi connectivity index (χ1v) is 10.8. The van der Waals surface area contributed by atoms with Crippen LogP contribution in [0.1, 0.15) is 81.5 Å². The van der Waals surface area contributed by atoms with Gasteiger partial charge in [-0.15, -0.1) is 0 Å². The normalized spacial score (nSPS) is 11.6. The molecule has 5 nitrogen and oxygen atoms in total. The Morgan fingerprint density at radius 1 is 0.920 bits per heavy atom. The van der Waals surface area contributed by atoms with Gasteiger partial charge in [0.2, 0.25) is 10.0 Å². The van der Waals surface area contributed by atoms with Crippen molar-refractivity contribution in [3.05, 3.63) is 29.8 Å². The molecule has 1 rings (SSSR count). The second-order valence-electron chi connectivity index (χ2n) is 6.38. The number of rotatable bonds is 14. The fourth-order valence-electron chi connectivity index (χ4n) is 2.77. The minimum Gasteiger partial charge on any atom is -0.478 e. The molecule has 1 aromatic rings. The highest BCUT2D eigenvalue weighted by Crippen LogP contribution is 2.15. The van der Waals surface area contributed by atoms with Crippen molar-refractivity contribution >= 4 is 16.0 Å². The van der Waals surface area contributed by atoms with Gasteiger partial charge in [0, 0.05) is 6.54 Å². The summed E-state index contributed by atoms with van der Waals surface area (Å²) >= 11 is 0. The molecule has 0 fully saturated rings. The molecular weight excluding hydrogens is 338 g/mol. The third-order valence-corrected chi connectivity index (χ3v) is 5.75. The van der Waals surface area contributed by atoms with E-state index in [2.05, 4.69) is 11.6 Å². The molecule has 0 saturated carbocycles. The number of benzene rings is 1. The highest BCUT2D eigenvalue weighted by atomic mass is 32.2. The molecule has 0 radical (unpaired) electrons. The number of sulfonamides is 1. The Kier molecular flexibility index (Phi) is 10.4. The van der Waals surface area contributed by atoms with E-state index in [1.54, 1.807) is 0 Å². The monoisotopic (exact) mass is 369 g/mol. The fraction of sp³-hybridized carbons (Fsp3) is 0.632. The Labute approximate surface area is 151 Å². The zero-order valence-corrected chi connectivity index (χ0v) is 16.0. The lowest BCUT2D eigenvalue weighted by Gasteiger charge is -2.09. The maximum absolute atomic E-state index is 12.2. The second kappa shape index (κ2) is 12.0. The standard InChI is InChI=1S/C19H31NO4S/c1-2-3-4-5-6-7-8-9-10-13-16-20-25(23,24)18-15-12-11-14-17(18)19(21)22/h11-12,14-15,20H,2-10,13,16H2,1H3,(H,21,22). The van der Waals surface area contributed by atoms with Crippen LogP contribution < -0.4 is 4.72 Å². The predicted octanol–water partition coefficient (Wildman–Crippen LogP) is 4.58. The van der Waals surface area contributed by atoms with Crippen molar-refractivity contribution in [3.63, 3.8) is 0 Å². The van der Waals surface area contributed by atoms with E-state index >= 15 is 0 Å². The molecular formula is C19H31NO4S. The van der Waals surface area contributed by atoms with Gasteiger partial charge < -0.3 is 5.11 Å². The number of hydrogen-bond donors (Lipinski definition) is 2. The number of carboxylic acids is 1. The number of unbranched alkanes of at least 4 members (excludes halogenated alkanes) is 9. The lowest BCUT2D eigenvalue weighted by Crippen LogP contribution is -2.26. The maximum atomic E-state index is 12.2. The third kappa shape index (κ3) is 8.50. The molecule has 0 saturated heterocycles. The van der Waals surface area contributed by atoms with Gasteiger partial charge in [-0.1, -0.05) is 76.8 Å². The van der Waals surface area contributed by atoms with E-state index < -0.39 is 16.0 Å². The summed E-state index contributed by atoms with van der Waals surface area (Å²) in [5.41, 5.74) is -0.196. The number of carbonyl (C=O) groups is 1. The van der Waals surface area contributed by atoms with Crippen molar-refractivity contribution in [2.75, 3.05) is 6.54 Å². The van der Waals surface area contributed by atoms with E-state index in [0.29, 0.717) is 6.54 Å². The summed E-state index contributed by atoms with van der Waals surface area (Å²) < 4.78 is 27.0. The number of aromatic carboxylic acids is 1. The maximum Gasteiger partial charge on any atom is 0.337 e. The molecule has 25 heavy (non-hydrogen) atoms. The summed E-state index contributed by atoms with van der Waals surface area (Å²) in [6.07, 6.45) is 11.8. The van der Waals surface area contributed by atoms with E-state index in [1.165, 1.54) is 69.2 Å². The fourth-order valence-corrected chi connectivity index (χ4v) is 4.05. The molecule has 6 heteroatoms. The summed E-state index contributed by atoms with van der Waals surface area (Å²) in [5.74, 6) is -1.24. The summed E-state index contributed by atoms with van der Waals surface area (Å²) in [7, 11) is -3.78. The van der Waals surface area contributed by atoms with Crippen molar-refractivity contribution in [2.45, 2.75) is 76.0 Å². The number of carboxylic acid groups (broad SMARTS) is 1. The molecule has 0 unspecified atom stereocenters. The lowest BCUT2D eigenvalue weighted by atomic mass is 10.1. The van der Waals surface area contributed by atoms with E-state index in [4.69, 9.17) is 5.11 Å². The molecule has 142 valence electrons. The van der Waals surface area contributed by atoms with Crippen LogP contribution in [0.15, 0.2) is 29.2 Å². The summed E-state index contributed by atoms with van der Waals surface area (Å²) in [5, 5.41) is 9.10. The van der Waals surface area contributed by atoms with Crippen LogP contribution in [-0.2, 0) is 10.0 Å². The largest absolute Gasteiger partial charge is 0.478 e. The molecule has 0 aliphatic carbocycles. The van der Waals surface area contributed by atoms with Gasteiger partial charge in [-0.05, 0) is 18.6 Å². The van der Waals surface area contributed by atoms with Gasteiger partial charge in [0.25, 0.3) is 0 Å². The molecule has 0 atom stereocenters. The van der Waals surface area contributed by atoms with Gasteiger partial charge in [0.05, 0.1) is 10.5 Å². The lowest BCUT2D eigenvalue weighted by molar-refractivity contribution is 0.0692. The van der Waals surface area contributed by atoms with Crippen molar-refractivity contribution in [3.8, 4) is 0 Å². The van der Waals surface area contributed by atoms with Gasteiger partial charge in [-0.3, -0.25) is 0 Å². The quantitative estimate of drug-likeness (QED) is 0.470. The topological polar surface area (TPSA) is 83.5 Å². The van der Waals surface area contributed by atoms with Gasteiger partial charge in [0.15, 0.2) is 0 Å². The zero-order chi connectivity index (χ0) is 18.5. The van der Waals surface area contributed by atoms with Gasteiger partial charge in [-0.2, -0.15) is 0 Å². The molecule has 0 aromatic heterocycles. The smallest absolute Gasteiger partial charge is 0.337 e. The van der Waals surface area contributed by atoms with E-state index in [1.807, 2.05) is 0 Å². The van der Waals surface area contributed by atoms with E-state index in [9.17, 15) is 13.2 Å². The Balaban J connectivity index is 2.22. The molecule has 1 aromatic carbocycles. The SMILES string of the molecule is CCCCCCCCCCCCNS(=O)(=O)c1ccccc1C(=O)O. The van der Waals surface area contributed by atoms with Crippen LogP contribution in [0.4, 0.5) is 0 Å². The van der Waals surface area contributed by atoms with Crippen LogP contribution in [0.5, 0.6) is 0 Å². The van der Waals surface area contributed by atoms with Crippen LogP contribution in [0, 0.1) is 0 Å². The molecule has 2 N–H and O–H groups in total. The first kappa shape index (κ1) is 21.6. The van der Waals surface area contributed by atoms with Crippen molar-refractivity contribution < 1.29 is 18.3 Å². The average molecular weight is 370 g/mol. The third-order valence-electron chi connectivity index (χ3n) is 4.23. The average Bonchev–Trinajstić information content (AvgIpc) is 2.59. The van der Waals surface area contributed by atoms with Gasteiger partial charge >= 0.3 is 5.97 Å². The first-order chi connectivity index (χ1) is 12.0. The summed E-state index contributed by atoms with van der Waals surface area (Å²) in [6.45, 7) is 2.56. The Bertz CT molecular complexity index is 614. The number of hydrogen-bond acceptors (Lipinski definition) is 3. The van der Waals surface area contributed by atoms with Crippen molar-refractivity contribution in [1.82, 2.24) is 4.72 Å². The molecule has 0 spiro atoms. The minimum absolute atomic E-state index is 0.172. The minimum atomic E-state index is -3.78. The van der Waals surface area contributed by atoms with Gasteiger partial charge in [0.1, 0.15) is 0 Å². The van der Waals surface area contributed by atoms with Crippen LogP contribution in [0.25, 0.3) is 0 Å². The molecule has 0 bridgehead atoms. The molecule has 0 aliphatic rings. The van der Waals surface area contributed by atoms with Gasteiger partial charge in [-0.25, -0.2) is 17.9 Å². The van der Waals surface area contributed by atoms with Crippen LogP contribution in [0.3, 0.4) is 0 Å². The molecule has 0 aliphatic heterocycles. The highest BCUT2D eigenvalue weighted by molar-refractivity contribution is 7.89. The van der Waals surface area contributed by atoms with Crippen LogP contribution in [0.2, 0.25) is 0 Å². The van der Waals surface area contributed by atoms with Crippen molar-refractivity contribution in [1.29, 1.82) is 0 Å². The first-order valence-electron chi connectivity index (χ1n) is 9.31. The van der Waals surface area contributed by atoms with E-state index in [0.717, 1.165) is 19.3 Å². The Morgan fingerprint density at radius 2 is 1.44 bits per heavy atom. The van der Waals surface area contributed by atoms with Crippen LogP contribution in [-0.4, -0.2) is 26.0 Å². The summed E-state index contributed by atoms with van der Waals surface area (Å²) in [6, 6.07) is 5.67. The number of nitrogens with one attached hydrogen (secondary N) is 1. The second-order valence-corrected chi connectivity index (χ2v) is 8.12. The van der Waals surface area contributed by atoms with E-state index in [-0.39, 0.29) is 10.5 Å². The van der Waals surface area contributed by atoms with Crippen molar-refractivity contribution in [2.24, 2.45) is 0 Å². The predicted molar refractivity (Wildman–Crippen MR) is 100 cm³/mol. The Hall–Kier alpha value is -1.40. The Morgan fingerprint density at radius 3 is 2.00 bits per heavy atom. The molecule has 0 amide bonds. The highest BCUT2D eigenvalue weighted by Gasteiger charge is 2.20.